The SMILES string of the molecule is CC(C)CCCCC[O][Sn]([OH])=[S]. The van der Waals surface area contributed by atoms with Gasteiger partial charge in [-0.15, -0.1) is 0 Å². The molecule has 0 aliphatic carbocycles. The Labute approximate surface area is 86.3 Å². The van der Waals surface area contributed by atoms with Crippen LogP contribution < -0.4 is 0 Å². The van der Waals surface area contributed by atoms with E-state index >= 15 is 0 Å². The second-order valence-corrected chi connectivity index (χ2v) is 8.04. The first-order valence-electron chi connectivity index (χ1n) is 4.48. The van der Waals surface area contributed by atoms with Crippen LogP contribution in [0, 0.1) is 5.92 Å². The molecule has 0 fully saturated rings. The molecule has 2 nitrogen and oxygen atoms in total. The average molecular weight is 297 g/mol. The molecule has 0 aromatic heterocycles. The van der Waals surface area contributed by atoms with E-state index in [-0.39, 0.29) is 0 Å². The van der Waals surface area contributed by atoms with Crippen LogP contribution in [0.3, 0.4) is 0 Å². The van der Waals surface area contributed by atoms with Gasteiger partial charge in [-0.05, 0) is 0 Å². The average Bonchev–Trinajstić information content (AvgIpc) is 1.95. The first-order chi connectivity index (χ1) is 5.63. The Bertz CT molecular complexity index is 128. The van der Waals surface area contributed by atoms with Crippen LogP contribution in [0.15, 0.2) is 0 Å². The number of unbranched alkanes of at least 4 members (excludes halogenated alkanes) is 2. The van der Waals surface area contributed by atoms with Crippen LogP contribution >= 0.6 is 9.29 Å². The fraction of sp³-hybridized carbons (Fsp3) is 1.00. The summed E-state index contributed by atoms with van der Waals surface area (Å²) in [6.45, 7) is 5.14. The van der Waals surface area contributed by atoms with Crippen molar-refractivity contribution in [2.45, 2.75) is 39.5 Å². The van der Waals surface area contributed by atoms with E-state index in [9.17, 15) is 0 Å². The molecule has 0 heterocycles. The maximum atomic E-state index is 8.79. The predicted octanol–water partition coefficient (Wildman–Crippen LogP) is 2.39. The normalized spacial score (nSPS) is 10.7. The molecule has 0 bridgehead atoms. The molecule has 1 N–H and O–H groups in total. The van der Waals surface area contributed by atoms with E-state index in [0.717, 1.165) is 12.3 Å². The van der Waals surface area contributed by atoms with E-state index in [1.807, 2.05) is 0 Å². The molecule has 0 amide bonds. The molecule has 12 heavy (non-hydrogen) atoms. The zero-order valence-electron chi connectivity index (χ0n) is 7.88. The molecular formula is C8H18O2SSn. The Balaban J connectivity index is 2.96. The van der Waals surface area contributed by atoms with Crippen molar-refractivity contribution in [3.05, 3.63) is 0 Å². The topological polar surface area (TPSA) is 29.5 Å². The molecular weight excluding hydrogens is 279 g/mol. The van der Waals surface area contributed by atoms with Crippen LogP contribution in [-0.4, -0.2) is 28.7 Å². The van der Waals surface area contributed by atoms with Gasteiger partial charge in [0, 0.05) is 0 Å². The van der Waals surface area contributed by atoms with Crippen LogP contribution in [0.4, 0.5) is 0 Å². The number of rotatable bonds is 7. The molecule has 0 aliphatic heterocycles. The van der Waals surface area contributed by atoms with Crippen molar-refractivity contribution < 1.29 is 6.52 Å². The summed E-state index contributed by atoms with van der Waals surface area (Å²) in [5.41, 5.74) is 0. The summed E-state index contributed by atoms with van der Waals surface area (Å²) < 4.78 is 13.8. The van der Waals surface area contributed by atoms with Crippen molar-refractivity contribution in [2.24, 2.45) is 5.92 Å². The minimum atomic E-state index is -2.63. The van der Waals surface area contributed by atoms with Gasteiger partial charge in [0.1, 0.15) is 0 Å². The van der Waals surface area contributed by atoms with Crippen molar-refractivity contribution in [2.75, 3.05) is 6.61 Å². The van der Waals surface area contributed by atoms with E-state index in [4.69, 9.17) is 6.52 Å². The molecule has 0 spiro atoms. The van der Waals surface area contributed by atoms with Gasteiger partial charge in [0.15, 0.2) is 0 Å². The molecule has 72 valence electrons. The molecule has 4 heteroatoms. The van der Waals surface area contributed by atoms with Gasteiger partial charge in [-0.2, -0.15) is 0 Å². The van der Waals surface area contributed by atoms with Crippen molar-refractivity contribution in [1.29, 1.82) is 0 Å². The Morgan fingerprint density at radius 1 is 1.33 bits per heavy atom. The van der Waals surface area contributed by atoms with Crippen LogP contribution in [-0.2, 0) is 3.07 Å². The van der Waals surface area contributed by atoms with Gasteiger partial charge < -0.3 is 0 Å². The summed E-state index contributed by atoms with van der Waals surface area (Å²) in [6, 6.07) is 0. The quantitative estimate of drug-likeness (QED) is 0.578. The van der Waals surface area contributed by atoms with Crippen LogP contribution in [0.5, 0.6) is 0 Å². The second-order valence-electron chi connectivity index (χ2n) is 3.36. The monoisotopic (exact) mass is 298 g/mol. The first-order valence-corrected chi connectivity index (χ1v) is 10.8. The standard InChI is InChI=1S/C8H17O.H2O.S.Sn/c1-8(2)6-4-3-5-7-9;;;/h8H,3-7H2,1-2H3;1H2;;/q-1;;;+2/p-1. The molecule has 0 aromatic rings. The van der Waals surface area contributed by atoms with Crippen LogP contribution in [0.1, 0.15) is 39.5 Å². The van der Waals surface area contributed by atoms with Gasteiger partial charge in [0.25, 0.3) is 0 Å². The molecule has 0 unspecified atom stereocenters. The van der Waals surface area contributed by atoms with Crippen molar-refractivity contribution in [3.63, 3.8) is 0 Å². The van der Waals surface area contributed by atoms with Gasteiger partial charge in [-0.1, -0.05) is 0 Å². The number of hydrogen-bond donors (Lipinski definition) is 1. The van der Waals surface area contributed by atoms with Crippen molar-refractivity contribution >= 4 is 27.9 Å². The van der Waals surface area contributed by atoms with E-state index in [1.165, 1.54) is 19.3 Å². The summed E-state index contributed by atoms with van der Waals surface area (Å²) in [5, 5.41) is 0. The first kappa shape index (κ1) is 12.9. The summed E-state index contributed by atoms with van der Waals surface area (Å²) in [4.78, 5) is 0. The summed E-state index contributed by atoms with van der Waals surface area (Å²) in [6.07, 6.45) is 4.80. The van der Waals surface area contributed by atoms with Gasteiger partial charge in [0.05, 0.1) is 0 Å². The Hall–Kier alpha value is 0.939. The van der Waals surface area contributed by atoms with E-state index < -0.39 is 18.6 Å². The molecule has 0 radical (unpaired) electrons. The minimum absolute atomic E-state index is 0.673. The molecule has 0 aromatic carbocycles. The third-order valence-electron chi connectivity index (χ3n) is 1.65. The van der Waals surface area contributed by atoms with Gasteiger partial charge in [-0.25, -0.2) is 0 Å². The fourth-order valence-electron chi connectivity index (χ4n) is 0.991. The van der Waals surface area contributed by atoms with E-state index in [2.05, 4.69) is 23.1 Å². The maximum absolute atomic E-state index is 8.79. The molecule has 0 saturated carbocycles. The van der Waals surface area contributed by atoms with E-state index in [0.29, 0.717) is 6.61 Å². The third kappa shape index (κ3) is 10.9. The second kappa shape index (κ2) is 8.53. The van der Waals surface area contributed by atoms with E-state index in [1.54, 1.807) is 0 Å². The summed E-state index contributed by atoms with van der Waals surface area (Å²) >= 11 is -2.63. The Kier molecular flexibility index (Phi) is 9.20. The molecule has 0 aliphatic rings. The zero-order valence-corrected chi connectivity index (χ0v) is 11.5. The van der Waals surface area contributed by atoms with Crippen molar-refractivity contribution in [3.8, 4) is 0 Å². The molecule has 0 saturated heterocycles. The zero-order chi connectivity index (χ0) is 9.40. The van der Waals surface area contributed by atoms with Gasteiger partial charge >= 0.3 is 86.5 Å². The van der Waals surface area contributed by atoms with Gasteiger partial charge in [-0.3, -0.25) is 0 Å². The summed E-state index contributed by atoms with van der Waals surface area (Å²) in [5.74, 6) is 0.800. The van der Waals surface area contributed by atoms with Gasteiger partial charge in [0.2, 0.25) is 0 Å². The number of hydrogen-bond acceptors (Lipinski definition) is 2. The van der Waals surface area contributed by atoms with Crippen LogP contribution in [0.25, 0.3) is 0 Å². The fourth-order valence-corrected chi connectivity index (χ4v) is 2.46. The third-order valence-corrected chi connectivity index (χ3v) is 3.73. The molecule has 0 atom stereocenters. The van der Waals surface area contributed by atoms with Crippen LogP contribution in [0.2, 0.25) is 0 Å². The molecule has 0 rings (SSSR count). The summed E-state index contributed by atoms with van der Waals surface area (Å²) in [7, 11) is 4.63. The predicted molar refractivity (Wildman–Crippen MR) is 54.8 cm³/mol. The Morgan fingerprint density at radius 3 is 2.50 bits per heavy atom. The van der Waals surface area contributed by atoms with Crippen molar-refractivity contribution in [1.82, 2.24) is 0 Å². The Morgan fingerprint density at radius 2 is 2.00 bits per heavy atom.